The van der Waals surface area contributed by atoms with Gasteiger partial charge < -0.3 is 15.7 Å². The maximum atomic E-state index is 13.7. The lowest BCUT2D eigenvalue weighted by Crippen LogP contribution is -2.14. The summed E-state index contributed by atoms with van der Waals surface area (Å²) < 4.78 is 13.7. The van der Waals surface area contributed by atoms with E-state index in [0.29, 0.717) is 11.8 Å². The van der Waals surface area contributed by atoms with Crippen molar-refractivity contribution in [3.05, 3.63) is 77.7 Å². The molecule has 2 aromatic carbocycles. The molecule has 0 aliphatic heterocycles. The van der Waals surface area contributed by atoms with Crippen LogP contribution in [0.3, 0.4) is 0 Å². The highest BCUT2D eigenvalue weighted by Gasteiger charge is 2.12. The van der Waals surface area contributed by atoms with Gasteiger partial charge in [0.15, 0.2) is 0 Å². The molecule has 25 heavy (non-hydrogen) atoms. The summed E-state index contributed by atoms with van der Waals surface area (Å²) in [5.41, 5.74) is 2.26. The molecule has 3 rings (SSSR count). The van der Waals surface area contributed by atoms with Crippen molar-refractivity contribution in [2.24, 2.45) is 0 Å². The number of nitrogens with zero attached hydrogens (tertiary/aromatic N) is 2. The predicted octanol–water partition coefficient (Wildman–Crippen LogP) is 3.81. The van der Waals surface area contributed by atoms with E-state index in [9.17, 15) is 9.50 Å². The van der Waals surface area contributed by atoms with E-state index in [4.69, 9.17) is 0 Å². The van der Waals surface area contributed by atoms with Gasteiger partial charge in [0, 0.05) is 24.0 Å². The molecule has 0 fully saturated rings. The Kier molecular flexibility index (Phi) is 5.20. The molecule has 0 bridgehead atoms. The maximum absolute atomic E-state index is 13.7. The Labute approximate surface area is 145 Å². The lowest BCUT2D eigenvalue weighted by atomic mass is 10.1. The number of nitrogens with one attached hydrogen (secondary N) is 2. The van der Waals surface area contributed by atoms with Crippen molar-refractivity contribution >= 4 is 17.5 Å². The molecule has 0 radical (unpaired) electrons. The van der Waals surface area contributed by atoms with Crippen LogP contribution < -0.4 is 10.6 Å². The molecule has 0 saturated carbocycles. The van der Waals surface area contributed by atoms with Crippen LogP contribution in [0.1, 0.15) is 17.2 Å². The van der Waals surface area contributed by atoms with Crippen molar-refractivity contribution in [3.63, 3.8) is 0 Å². The second-order valence-electron chi connectivity index (χ2n) is 5.62. The summed E-state index contributed by atoms with van der Waals surface area (Å²) in [5.74, 6) is 0.558. The van der Waals surface area contributed by atoms with E-state index in [0.717, 1.165) is 11.3 Å². The van der Waals surface area contributed by atoms with Gasteiger partial charge in [0.05, 0.1) is 6.10 Å². The Hall–Kier alpha value is -2.99. The number of hydrogen-bond acceptors (Lipinski definition) is 5. The second-order valence-corrected chi connectivity index (χ2v) is 5.62. The molecule has 1 heterocycles. The van der Waals surface area contributed by atoms with Crippen LogP contribution in [-0.2, 0) is 0 Å². The average Bonchev–Trinajstić information content (AvgIpc) is 2.62. The number of aliphatic hydroxyl groups excluding tert-OH is 1. The molecule has 5 nitrogen and oxygen atoms in total. The van der Waals surface area contributed by atoms with Gasteiger partial charge in [0.25, 0.3) is 0 Å². The molecular formula is C19H19FN4O. The molecule has 1 atom stereocenters. The number of hydrogen-bond donors (Lipinski definition) is 3. The van der Waals surface area contributed by atoms with Crippen molar-refractivity contribution in [1.82, 2.24) is 9.97 Å². The first-order chi connectivity index (χ1) is 12.1. The van der Waals surface area contributed by atoms with Crippen LogP contribution in [-0.4, -0.2) is 21.6 Å². The van der Waals surface area contributed by atoms with Gasteiger partial charge in [-0.2, -0.15) is 4.98 Å². The number of aromatic nitrogens is 2. The zero-order valence-corrected chi connectivity index (χ0v) is 13.8. The minimum Gasteiger partial charge on any atom is -0.386 e. The third kappa shape index (κ3) is 4.30. The first-order valence-electron chi connectivity index (χ1n) is 7.95. The molecule has 1 unspecified atom stereocenters. The number of aryl methyl sites for hydroxylation is 1. The second kappa shape index (κ2) is 7.72. The number of para-hydroxylation sites is 1. The lowest BCUT2D eigenvalue weighted by Gasteiger charge is -2.14. The van der Waals surface area contributed by atoms with Crippen molar-refractivity contribution < 1.29 is 9.50 Å². The molecule has 0 aliphatic rings. The molecule has 1 aromatic heterocycles. The first kappa shape index (κ1) is 16.9. The Bertz CT molecular complexity index is 856. The molecule has 3 aromatic rings. The zero-order valence-electron chi connectivity index (χ0n) is 13.8. The number of rotatable bonds is 6. The fraction of sp³-hybridized carbons (Fsp3) is 0.158. The molecule has 6 heteroatoms. The molecule has 0 spiro atoms. The monoisotopic (exact) mass is 338 g/mol. The van der Waals surface area contributed by atoms with E-state index in [-0.39, 0.29) is 12.1 Å². The molecule has 3 N–H and O–H groups in total. The third-order valence-corrected chi connectivity index (χ3v) is 3.79. The fourth-order valence-electron chi connectivity index (χ4n) is 2.41. The highest BCUT2D eigenvalue weighted by atomic mass is 19.1. The third-order valence-electron chi connectivity index (χ3n) is 3.79. The summed E-state index contributed by atoms with van der Waals surface area (Å²) >= 11 is 0. The average molecular weight is 338 g/mol. The maximum Gasteiger partial charge on any atom is 0.229 e. The summed E-state index contributed by atoms with van der Waals surface area (Å²) in [6.45, 7) is 2.14. The van der Waals surface area contributed by atoms with E-state index in [1.807, 2.05) is 31.2 Å². The van der Waals surface area contributed by atoms with Gasteiger partial charge in [0.1, 0.15) is 11.6 Å². The summed E-state index contributed by atoms with van der Waals surface area (Å²) in [7, 11) is 0. The van der Waals surface area contributed by atoms with Gasteiger partial charge in [-0.05, 0) is 30.7 Å². The van der Waals surface area contributed by atoms with Crippen LogP contribution in [0.25, 0.3) is 0 Å². The number of aliphatic hydroxyl groups is 1. The van der Waals surface area contributed by atoms with E-state index in [1.165, 1.54) is 6.07 Å². The fourth-order valence-corrected chi connectivity index (χ4v) is 2.41. The molecule has 0 saturated heterocycles. The quantitative estimate of drug-likeness (QED) is 0.637. The van der Waals surface area contributed by atoms with Gasteiger partial charge in [0.2, 0.25) is 5.95 Å². The van der Waals surface area contributed by atoms with Crippen LogP contribution >= 0.6 is 0 Å². The van der Waals surface area contributed by atoms with Gasteiger partial charge in [-0.1, -0.05) is 36.4 Å². The Morgan fingerprint density at radius 1 is 1.08 bits per heavy atom. The number of benzene rings is 2. The number of anilines is 3. The van der Waals surface area contributed by atoms with Crippen LogP contribution in [0.15, 0.2) is 60.8 Å². The van der Waals surface area contributed by atoms with E-state index in [1.54, 1.807) is 30.5 Å². The predicted molar refractivity (Wildman–Crippen MR) is 96.3 cm³/mol. The van der Waals surface area contributed by atoms with Crippen LogP contribution in [0.2, 0.25) is 0 Å². The summed E-state index contributed by atoms with van der Waals surface area (Å²) in [4.78, 5) is 8.55. The van der Waals surface area contributed by atoms with Gasteiger partial charge in [-0.15, -0.1) is 0 Å². The van der Waals surface area contributed by atoms with Gasteiger partial charge >= 0.3 is 0 Å². The minimum atomic E-state index is -0.969. The smallest absolute Gasteiger partial charge is 0.229 e. The van der Waals surface area contributed by atoms with Crippen molar-refractivity contribution in [2.75, 3.05) is 17.2 Å². The molecular weight excluding hydrogens is 319 g/mol. The summed E-state index contributed by atoms with van der Waals surface area (Å²) in [5, 5.41) is 16.3. The Balaban J connectivity index is 1.66. The van der Waals surface area contributed by atoms with Crippen molar-refractivity contribution in [3.8, 4) is 0 Å². The molecule has 0 aliphatic carbocycles. The highest BCUT2D eigenvalue weighted by molar-refractivity contribution is 5.58. The standard InChI is InChI=1S/C19H19FN4O/c1-13-6-2-5-9-16(13)23-19-21-11-10-18(24-19)22-12-17(25)14-7-3-4-8-15(14)20/h2-11,17,25H,12H2,1H3,(H2,21,22,23,24). The molecule has 128 valence electrons. The largest absolute Gasteiger partial charge is 0.386 e. The summed E-state index contributed by atoms with van der Waals surface area (Å²) in [6.07, 6.45) is 0.648. The van der Waals surface area contributed by atoms with E-state index in [2.05, 4.69) is 20.6 Å². The van der Waals surface area contributed by atoms with Crippen LogP contribution in [0.4, 0.5) is 21.8 Å². The van der Waals surface area contributed by atoms with Crippen LogP contribution in [0, 0.1) is 12.7 Å². The van der Waals surface area contributed by atoms with Crippen LogP contribution in [0.5, 0.6) is 0 Å². The van der Waals surface area contributed by atoms with E-state index >= 15 is 0 Å². The summed E-state index contributed by atoms with van der Waals surface area (Å²) in [6, 6.07) is 15.7. The lowest BCUT2D eigenvalue weighted by molar-refractivity contribution is 0.186. The molecule has 0 amide bonds. The van der Waals surface area contributed by atoms with Gasteiger partial charge in [-0.3, -0.25) is 0 Å². The number of halogens is 1. The van der Waals surface area contributed by atoms with E-state index < -0.39 is 11.9 Å². The van der Waals surface area contributed by atoms with Gasteiger partial charge in [-0.25, -0.2) is 9.37 Å². The first-order valence-corrected chi connectivity index (χ1v) is 7.95. The van der Waals surface area contributed by atoms with Crippen molar-refractivity contribution in [2.45, 2.75) is 13.0 Å². The zero-order chi connectivity index (χ0) is 17.6. The highest BCUT2D eigenvalue weighted by Crippen LogP contribution is 2.19. The Morgan fingerprint density at radius 3 is 2.64 bits per heavy atom. The SMILES string of the molecule is Cc1ccccc1Nc1nccc(NCC(O)c2ccccc2F)n1. The topological polar surface area (TPSA) is 70.1 Å². The normalized spacial score (nSPS) is 11.8. The minimum absolute atomic E-state index is 0.141. The van der Waals surface area contributed by atoms with Crippen molar-refractivity contribution in [1.29, 1.82) is 0 Å². The Morgan fingerprint density at radius 2 is 1.84 bits per heavy atom.